The van der Waals surface area contributed by atoms with Gasteiger partial charge in [0.2, 0.25) is 0 Å². The van der Waals surface area contributed by atoms with E-state index in [0.29, 0.717) is 0 Å². The van der Waals surface area contributed by atoms with Crippen LogP contribution in [-0.4, -0.2) is 31.1 Å². The fourth-order valence-corrected chi connectivity index (χ4v) is 2.97. The number of halogens is 1. The summed E-state index contributed by atoms with van der Waals surface area (Å²) >= 11 is 0. The van der Waals surface area contributed by atoms with Gasteiger partial charge in [0.1, 0.15) is 5.82 Å². The van der Waals surface area contributed by atoms with Gasteiger partial charge in [-0.2, -0.15) is 0 Å². The Balaban J connectivity index is 1.91. The van der Waals surface area contributed by atoms with Crippen LogP contribution >= 0.6 is 0 Å². The highest BCUT2D eigenvalue weighted by molar-refractivity contribution is 5.21. The van der Waals surface area contributed by atoms with Crippen LogP contribution in [0.5, 0.6) is 0 Å². The maximum Gasteiger partial charge on any atom is 0.127 e. The summed E-state index contributed by atoms with van der Waals surface area (Å²) in [4.78, 5) is 2.52. The van der Waals surface area contributed by atoms with Crippen LogP contribution in [0.4, 0.5) is 4.39 Å². The minimum Gasteiger partial charge on any atom is -0.310 e. The molecule has 1 N–H and O–H groups in total. The van der Waals surface area contributed by atoms with E-state index in [4.69, 9.17) is 0 Å². The SMILES string of the molecule is CCNC(CCN1CCC(C)CC1)c1ccccc1F. The first kappa shape index (κ1) is 15.5. The molecule has 1 aliphatic heterocycles. The van der Waals surface area contributed by atoms with E-state index in [1.807, 2.05) is 12.1 Å². The van der Waals surface area contributed by atoms with E-state index in [1.54, 1.807) is 12.1 Å². The number of nitrogens with one attached hydrogen (secondary N) is 1. The number of hydrogen-bond donors (Lipinski definition) is 1. The Morgan fingerprint density at radius 1 is 1.30 bits per heavy atom. The molecule has 0 spiro atoms. The van der Waals surface area contributed by atoms with Gasteiger partial charge in [-0.3, -0.25) is 0 Å². The van der Waals surface area contributed by atoms with Crippen molar-refractivity contribution in [3.63, 3.8) is 0 Å². The van der Waals surface area contributed by atoms with Gasteiger partial charge in [0, 0.05) is 11.6 Å². The molecule has 1 fully saturated rings. The Labute approximate surface area is 122 Å². The molecule has 0 bridgehead atoms. The Bertz CT molecular complexity index is 400. The number of likely N-dealkylation sites (tertiary alicyclic amines) is 1. The summed E-state index contributed by atoms with van der Waals surface area (Å²) < 4.78 is 13.9. The van der Waals surface area contributed by atoms with Crippen molar-refractivity contribution >= 4 is 0 Å². The van der Waals surface area contributed by atoms with Gasteiger partial charge in [-0.1, -0.05) is 32.0 Å². The number of piperidine rings is 1. The van der Waals surface area contributed by atoms with Crippen molar-refractivity contribution in [3.05, 3.63) is 35.6 Å². The molecule has 1 aromatic rings. The molecule has 1 atom stereocenters. The molecule has 0 radical (unpaired) electrons. The van der Waals surface area contributed by atoms with E-state index >= 15 is 0 Å². The molecule has 20 heavy (non-hydrogen) atoms. The maximum absolute atomic E-state index is 13.9. The summed E-state index contributed by atoms with van der Waals surface area (Å²) in [6, 6.07) is 7.27. The van der Waals surface area contributed by atoms with Crippen molar-refractivity contribution in [2.45, 2.75) is 39.2 Å². The van der Waals surface area contributed by atoms with Crippen molar-refractivity contribution in [2.24, 2.45) is 5.92 Å². The molecule has 3 heteroatoms. The fraction of sp³-hybridized carbons (Fsp3) is 0.647. The summed E-state index contributed by atoms with van der Waals surface area (Å²) in [7, 11) is 0. The molecule has 1 heterocycles. The van der Waals surface area contributed by atoms with Crippen LogP contribution in [0.2, 0.25) is 0 Å². The van der Waals surface area contributed by atoms with E-state index in [2.05, 4.69) is 24.1 Å². The molecule has 2 nitrogen and oxygen atoms in total. The van der Waals surface area contributed by atoms with Gasteiger partial charge in [-0.15, -0.1) is 0 Å². The minimum absolute atomic E-state index is 0.0919. The first-order valence-electron chi connectivity index (χ1n) is 7.91. The summed E-state index contributed by atoms with van der Waals surface area (Å²) in [6.45, 7) is 8.72. The lowest BCUT2D eigenvalue weighted by atomic mass is 9.98. The second-order valence-electron chi connectivity index (χ2n) is 5.94. The lowest BCUT2D eigenvalue weighted by Crippen LogP contribution is -2.35. The topological polar surface area (TPSA) is 15.3 Å². The average Bonchev–Trinajstić information content (AvgIpc) is 2.46. The highest BCUT2D eigenvalue weighted by Gasteiger charge is 2.19. The van der Waals surface area contributed by atoms with Crippen LogP contribution in [0.3, 0.4) is 0 Å². The van der Waals surface area contributed by atoms with Crippen molar-refractivity contribution in [2.75, 3.05) is 26.2 Å². The molecule has 112 valence electrons. The van der Waals surface area contributed by atoms with Gasteiger partial charge in [-0.05, 0) is 57.4 Å². The molecule has 2 rings (SSSR count). The van der Waals surface area contributed by atoms with Gasteiger partial charge in [0.15, 0.2) is 0 Å². The highest BCUT2D eigenvalue weighted by atomic mass is 19.1. The van der Waals surface area contributed by atoms with Gasteiger partial charge in [0.25, 0.3) is 0 Å². The van der Waals surface area contributed by atoms with Crippen molar-refractivity contribution in [3.8, 4) is 0 Å². The second kappa shape index (κ2) is 7.75. The van der Waals surface area contributed by atoms with E-state index in [0.717, 1.165) is 31.0 Å². The second-order valence-corrected chi connectivity index (χ2v) is 5.94. The smallest absolute Gasteiger partial charge is 0.127 e. The Kier molecular flexibility index (Phi) is 5.99. The summed E-state index contributed by atoms with van der Waals surface area (Å²) in [5.41, 5.74) is 0.805. The van der Waals surface area contributed by atoms with E-state index in [-0.39, 0.29) is 11.9 Å². The molecular weight excluding hydrogens is 251 g/mol. The third-order valence-electron chi connectivity index (χ3n) is 4.34. The zero-order chi connectivity index (χ0) is 14.4. The summed E-state index contributed by atoms with van der Waals surface area (Å²) in [5, 5.41) is 3.42. The predicted molar refractivity (Wildman–Crippen MR) is 82.3 cm³/mol. The summed E-state index contributed by atoms with van der Waals surface area (Å²) in [5.74, 6) is 0.771. The van der Waals surface area contributed by atoms with E-state index in [1.165, 1.54) is 25.9 Å². The number of nitrogens with zero attached hydrogens (tertiary/aromatic N) is 1. The van der Waals surface area contributed by atoms with Crippen LogP contribution < -0.4 is 5.32 Å². The van der Waals surface area contributed by atoms with Crippen molar-refractivity contribution in [1.29, 1.82) is 0 Å². The van der Waals surface area contributed by atoms with E-state index in [9.17, 15) is 4.39 Å². The van der Waals surface area contributed by atoms with Gasteiger partial charge < -0.3 is 10.2 Å². The predicted octanol–water partition coefficient (Wildman–Crippen LogP) is 3.60. The van der Waals surface area contributed by atoms with Gasteiger partial charge in [-0.25, -0.2) is 4.39 Å². The quantitative estimate of drug-likeness (QED) is 0.855. The zero-order valence-corrected chi connectivity index (χ0v) is 12.7. The molecular formula is C17H27FN2. The molecule has 0 aromatic heterocycles. The molecule has 0 aliphatic carbocycles. The highest BCUT2D eigenvalue weighted by Crippen LogP contribution is 2.22. The Hall–Kier alpha value is -0.930. The standard InChI is InChI=1S/C17H27FN2/c1-3-19-17(15-6-4-5-7-16(15)18)10-13-20-11-8-14(2)9-12-20/h4-7,14,17,19H,3,8-13H2,1-2H3. The first-order chi connectivity index (χ1) is 9.70. The van der Waals surface area contributed by atoms with Crippen LogP contribution in [0, 0.1) is 11.7 Å². The van der Waals surface area contributed by atoms with Gasteiger partial charge in [0.05, 0.1) is 0 Å². The molecule has 1 unspecified atom stereocenters. The molecule has 1 aromatic carbocycles. The third-order valence-corrected chi connectivity index (χ3v) is 4.34. The van der Waals surface area contributed by atoms with E-state index < -0.39 is 0 Å². The van der Waals surface area contributed by atoms with Crippen LogP contribution in [-0.2, 0) is 0 Å². The van der Waals surface area contributed by atoms with Crippen LogP contribution in [0.15, 0.2) is 24.3 Å². The molecule has 0 saturated carbocycles. The van der Waals surface area contributed by atoms with Crippen LogP contribution in [0.1, 0.15) is 44.7 Å². The lowest BCUT2D eigenvalue weighted by molar-refractivity contribution is 0.184. The van der Waals surface area contributed by atoms with Crippen molar-refractivity contribution < 1.29 is 4.39 Å². The maximum atomic E-state index is 13.9. The average molecular weight is 278 g/mol. The van der Waals surface area contributed by atoms with Gasteiger partial charge >= 0.3 is 0 Å². The fourth-order valence-electron chi connectivity index (χ4n) is 2.97. The Morgan fingerprint density at radius 2 is 2.00 bits per heavy atom. The number of benzene rings is 1. The zero-order valence-electron chi connectivity index (χ0n) is 12.7. The minimum atomic E-state index is -0.0919. The van der Waals surface area contributed by atoms with Crippen LogP contribution in [0.25, 0.3) is 0 Å². The molecule has 0 amide bonds. The molecule has 1 saturated heterocycles. The monoisotopic (exact) mass is 278 g/mol. The third kappa shape index (κ3) is 4.29. The first-order valence-corrected chi connectivity index (χ1v) is 7.91. The summed E-state index contributed by atoms with van der Waals surface area (Å²) in [6.07, 6.45) is 3.57. The largest absolute Gasteiger partial charge is 0.310 e. The molecule has 1 aliphatic rings. The number of rotatable bonds is 6. The normalized spacial score (nSPS) is 19.1. The van der Waals surface area contributed by atoms with Crippen molar-refractivity contribution in [1.82, 2.24) is 10.2 Å². The number of hydrogen-bond acceptors (Lipinski definition) is 2. The Morgan fingerprint density at radius 3 is 2.65 bits per heavy atom. The lowest BCUT2D eigenvalue weighted by Gasteiger charge is -2.31.